The highest BCUT2D eigenvalue weighted by Crippen LogP contribution is 2.28. The predicted molar refractivity (Wildman–Crippen MR) is 84.0 cm³/mol. The van der Waals surface area contributed by atoms with Crippen LogP contribution in [0.15, 0.2) is 24.3 Å². The Balaban J connectivity index is 1.38. The van der Waals surface area contributed by atoms with Crippen molar-refractivity contribution in [1.82, 2.24) is 10.6 Å². The fraction of sp³-hybridized carbons (Fsp3) is 0.588. The van der Waals surface area contributed by atoms with E-state index in [4.69, 9.17) is 4.74 Å². The number of carbonyl (C=O) groups excluding carboxylic acids is 1. The Morgan fingerprint density at radius 2 is 2.00 bits per heavy atom. The zero-order valence-electron chi connectivity index (χ0n) is 12.8. The van der Waals surface area contributed by atoms with Gasteiger partial charge < -0.3 is 20.5 Å². The quantitative estimate of drug-likeness (QED) is 0.796. The van der Waals surface area contributed by atoms with Crippen LogP contribution in [-0.4, -0.2) is 35.9 Å². The molecule has 1 atom stereocenters. The van der Waals surface area contributed by atoms with Gasteiger partial charge in [-0.15, -0.1) is 0 Å². The summed E-state index contributed by atoms with van der Waals surface area (Å²) in [4.78, 5) is 11.9. The number of benzene rings is 1. The molecular formula is C17H24N2O3. The molecule has 0 aromatic heterocycles. The van der Waals surface area contributed by atoms with Crippen LogP contribution in [0.1, 0.15) is 37.7 Å². The fourth-order valence-corrected chi connectivity index (χ4v) is 3.27. The van der Waals surface area contributed by atoms with Crippen molar-refractivity contribution in [3.05, 3.63) is 29.8 Å². The Labute approximate surface area is 131 Å². The number of rotatable bonds is 4. The van der Waals surface area contributed by atoms with E-state index in [-0.39, 0.29) is 12.1 Å². The molecule has 0 bridgehead atoms. The highest BCUT2D eigenvalue weighted by molar-refractivity contribution is 5.73. The summed E-state index contributed by atoms with van der Waals surface area (Å²) >= 11 is 0. The van der Waals surface area contributed by atoms with E-state index in [0.717, 1.165) is 37.9 Å². The maximum atomic E-state index is 11.9. The van der Waals surface area contributed by atoms with Gasteiger partial charge in [-0.3, -0.25) is 0 Å². The number of hydrogen-bond donors (Lipinski definition) is 3. The third-order valence-corrected chi connectivity index (χ3v) is 4.57. The molecule has 0 saturated heterocycles. The highest BCUT2D eigenvalue weighted by atomic mass is 16.5. The molecule has 1 aromatic carbocycles. The molecule has 3 N–H and O–H groups in total. The van der Waals surface area contributed by atoms with Crippen molar-refractivity contribution in [2.75, 3.05) is 13.1 Å². The summed E-state index contributed by atoms with van der Waals surface area (Å²) < 4.78 is 5.78. The van der Waals surface area contributed by atoms with Crippen molar-refractivity contribution in [3.63, 3.8) is 0 Å². The minimum atomic E-state index is -0.727. The first kappa shape index (κ1) is 15.2. The Kier molecular flexibility index (Phi) is 4.52. The van der Waals surface area contributed by atoms with Crippen molar-refractivity contribution in [3.8, 4) is 5.75 Å². The summed E-state index contributed by atoms with van der Waals surface area (Å²) in [6.07, 6.45) is 5.60. The van der Waals surface area contributed by atoms with Gasteiger partial charge in [0.25, 0.3) is 0 Å². The molecule has 1 aliphatic heterocycles. The third-order valence-electron chi connectivity index (χ3n) is 4.57. The first-order chi connectivity index (χ1) is 10.6. The summed E-state index contributed by atoms with van der Waals surface area (Å²) in [5, 5.41) is 16.0. The van der Waals surface area contributed by atoms with Gasteiger partial charge in [-0.05, 0) is 24.5 Å². The van der Waals surface area contributed by atoms with Crippen LogP contribution in [0.5, 0.6) is 5.75 Å². The standard InChI is InChI=1S/C17H24N2O3/c20-16(19-12-17(21)8-4-1-5-9-17)18-11-14-10-13-6-2-3-7-15(13)22-14/h2-3,6-7,14,21H,1,4-5,8-12H2,(H2,18,19,20). The number of urea groups is 1. The van der Waals surface area contributed by atoms with Gasteiger partial charge in [0.15, 0.2) is 0 Å². The van der Waals surface area contributed by atoms with Crippen LogP contribution in [0.25, 0.3) is 0 Å². The average Bonchev–Trinajstić information content (AvgIpc) is 2.95. The van der Waals surface area contributed by atoms with Crippen molar-refractivity contribution in [2.45, 2.75) is 50.2 Å². The molecular weight excluding hydrogens is 280 g/mol. The number of hydrogen-bond acceptors (Lipinski definition) is 3. The third kappa shape index (κ3) is 3.71. The zero-order chi connectivity index (χ0) is 15.4. The topological polar surface area (TPSA) is 70.6 Å². The lowest BCUT2D eigenvalue weighted by atomic mass is 9.85. The molecule has 1 aliphatic carbocycles. The second-order valence-corrected chi connectivity index (χ2v) is 6.40. The molecule has 2 aliphatic rings. The monoisotopic (exact) mass is 304 g/mol. The van der Waals surface area contributed by atoms with Crippen molar-refractivity contribution >= 4 is 6.03 Å². The van der Waals surface area contributed by atoms with Gasteiger partial charge >= 0.3 is 6.03 Å². The summed E-state index contributed by atoms with van der Waals surface area (Å²) in [6.45, 7) is 0.795. The van der Waals surface area contributed by atoms with Crippen LogP contribution >= 0.6 is 0 Å². The molecule has 0 spiro atoms. The Morgan fingerprint density at radius 1 is 1.23 bits per heavy atom. The van der Waals surface area contributed by atoms with Crippen LogP contribution in [0, 0.1) is 0 Å². The number of ether oxygens (including phenoxy) is 1. The van der Waals surface area contributed by atoms with E-state index in [0.29, 0.717) is 13.1 Å². The van der Waals surface area contributed by atoms with E-state index in [1.807, 2.05) is 24.3 Å². The van der Waals surface area contributed by atoms with Gasteiger partial charge in [-0.2, -0.15) is 0 Å². The molecule has 0 radical (unpaired) electrons. The smallest absolute Gasteiger partial charge is 0.315 e. The average molecular weight is 304 g/mol. The Morgan fingerprint density at radius 3 is 2.77 bits per heavy atom. The number of para-hydroxylation sites is 1. The van der Waals surface area contributed by atoms with Crippen LogP contribution in [0.2, 0.25) is 0 Å². The molecule has 1 aromatic rings. The van der Waals surface area contributed by atoms with E-state index >= 15 is 0 Å². The summed E-state index contributed by atoms with van der Waals surface area (Å²) in [5.41, 5.74) is 0.460. The lowest BCUT2D eigenvalue weighted by Crippen LogP contribution is -2.48. The summed E-state index contributed by atoms with van der Waals surface area (Å²) in [6, 6.07) is 7.71. The van der Waals surface area contributed by atoms with E-state index in [9.17, 15) is 9.90 Å². The van der Waals surface area contributed by atoms with Crippen LogP contribution < -0.4 is 15.4 Å². The van der Waals surface area contributed by atoms with Crippen molar-refractivity contribution in [1.29, 1.82) is 0 Å². The highest BCUT2D eigenvalue weighted by Gasteiger charge is 2.29. The predicted octanol–water partition coefficient (Wildman–Crippen LogP) is 1.98. The minimum absolute atomic E-state index is 0.0130. The number of carbonyl (C=O) groups is 1. The van der Waals surface area contributed by atoms with Gasteiger partial charge in [0.05, 0.1) is 12.1 Å². The maximum Gasteiger partial charge on any atom is 0.315 e. The normalized spacial score (nSPS) is 22.5. The van der Waals surface area contributed by atoms with Crippen molar-refractivity contribution < 1.29 is 14.6 Å². The molecule has 1 heterocycles. The minimum Gasteiger partial charge on any atom is -0.488 e. The second kappa shape index (κ2) is 6.57. The zero-order valence-corrected chi connectivity index (χ0v) is 12.8. The van der Waals surface area contributed by atoms with Crippen LogP contribution in [-0.2, 0) is 6.42 Å². The summed E-state index contributed by atoms with van der Waals surface area (Å²) in [7, 11) is 0. The molecule has 1 saturated carbocycles. The molecule has 5 heteroatoms. The molecule has 3 rings (SSSR count). The van der Waals surface area contributed by atoms with E-state index in [1.54, 1.807) is 0 Å². The molecule has 1 fully saturated rings. The molecule has 2 amide bonds. The van der Waals surface area contributed by atoms with Gasteiger partial charge in [0.2, 0.25) is 0 Å². The van der Waals surface area contributed by atoms with E-state index < -0.39 is 5.60 Å². The van der Waals surface area contributed by atoms with Gasteiger partial charge in [-0.25, -0.2) is 4.79 Å². The lowest BCUT2D eigenvalue weighted by Gasteiger charge is -2.32. The molecule has 5 nitrogen and oxygen atoms in total. The number of nitrogens with one attached hydrogen (secondary N) is 2. The second-order valence-electron chi connectivity index (χ2n) is 6.40. The first-order valence-corrected chi connectivity index (χ1v) is 8.13. The van der Waals surface area contributed by atoms with E-state index in [1.165, 1.54) is 12.0 Å². The Bertz CT molecular complexity index is 501. The number of aliphatic hydroxyl groups is 1. The molecule has 120 valence electrons. The van der Waals surface area contributed by atoms with Crippen LogP contribution in [0.4, 0.5) is 4.79 Å². The lowest BCUT2D eigenvalue weighted by molar-refractivity contribution is 0.00716. The Hall–Kier alpha value is -1.75. The summed E-state index contributed by atoms with van der Waals surface area (Å²) in [5.74, 6) is 0.909. The SMILES string of the molecule is O=C(NCC1Cc2ccccc2O1)NCC1(O)CCCCC1. The van der Waals surface area contributed by atoms with Gasteiger partial charge in [0, 0.05) is 13.0 Å². The molecule has 22 heavy (non-hydrogen) atoms. The van der Waals surface area contributed by atoms with Crippen LogP contribution in [0.3, 0.4) is 0 Å². The fourth-order valence-electron chi connectivity index (χ4n) is 3.27. The van der Waals surface area contributed by atoms with Crippen molar-refractivity contribution in [2.24, 2.45) is 0 Å². The largest absolute Gasteiger partial charge is 0.488 e. The number of amides is 2. The first-order valence-electron chi connectivity index (χ1n) is 8.13. The maximum absolute atomic E-state index is 11.9. The van der Waals surface area contributed by atoms with E-state index in [2.05, 4.69) is 10.6 Å². The number of fused-ring (bicyclic) bond motifs is 1. The van der Waals surface area contributed by atoms with Gasteiger partial charge in [-0.1, -0.05) is 37.5 Å². The van der Waals surface area contributed by atoms with Gasteiger partial charge in [0.1, 0.15) is 11.9 Å². The molecule has 1 unspecified atom stereocenters.